The van der Waals surface area contributed by atoms with Gasteiger partial charge in [0.25, 0.3) is 10.0 Å². The normalized spacial score (nSPS) is 22.6. The van der Waals surface area contributed by atoms with Gasteiger partial charge in [0.15, 0.2) is 5.03 Å². The van der Waals surface area contributed by atoms with Gasteiger partial charge in [0.05, 0.1) is 5.69 Å². The zero-order chi connectivity index (χ0) is 12.5. The van der Waals surface area contributed by atoms with E-state index in [9.17, 15) is 8.42 Å². The topological polar surface area (TPSA) is 75.2 Å². The molecule has 2 heterocycles. The van der Waals surface area contributed by atoms with E-state index in [1.54, 1.807) is 6.92 Å². The fourth-order valence-corrected chi connectivity index (χ4v) is 3.66. The summed E-state index contributed by atoms with van der Waals surface area (Å²) >= 11 is 0. The molecule has 0 radical (unpaired) electrons. The molecule has 7 heteroatoms. The Bertz CT molecular complexity index is 503. The molecule has 2 rings (SSSR count). The molecule has 1 saturated heterocycles. The largest absolute Gasteiger partial charge is 0.314 e. The van der Waals surface area contributed by atoms with E-state index >= 15 is 0 Å². The van der Waals surface area contributed by atoms with Gasteiger partial charge >= 0.3 is 0 Å². The van der Waals surface area contributed by atoms with Gasteiger partial charge in [0, 0.05) is 38.1 Å². The Morgan fingerprint density at radius 3 is 2.76 bits per heavy atom. The molecule has 0 unspecified atom stereocenters. The molecule has 1 aromatic rings. The number of aryl methyl sites for hydroxylation is 1. The summed E-state index contributed by atoms with van der Waals surface area (Å²) in [5, 5.41) is 3.22. The molecule has 94 valence electrons. The predicted octanol–water partition coefficient (Wildman–Crippen LogP) is -0.233. The van der Waals surface area contributed by atoms with E-state index in [0.717, 1.165) is 0 Å². The molecule has 0 amide bonds. The quantitative estimate of drug-likeness (QED) is 0.791. The fourth-order valence-electron chi connectivity index (χ4n) is 1.94. The summed E-state index contributed by atoms with van der Waals surface area (Å²) in [5.74, 6) is 0. The summed E-state index contributed by atoms with van der Waals surface area (Å²) in [7, 11) is -3.52. The highest BCUT2D eigenvalue weighted by atomic mass is 32.2. The van der Waals surface area contributed by atoms with Crippen molar-refractivity contribution in [3.63, 3.8) is 0 Å². The smallest absolute Gasteiger partial charge is 0.262 e. The maximum absolute atomic E-state index is 12.4. The van der Waals surface area contributed by atoms with Gasteiger partial charge in [-0.15, -0.1) is 0 Å². The first-order valence-electron chi connectivity index (χ1n) is 5.53. The van der Waals surface area contributed by atoms with E-state index in [0.29, 0.717) is 25.3 Å². The summed E-state index contributed by atoms with van der Waals surface area (Å²) in [5.41, 5.74) is 0.443. The van der Waals surface area contributed by atoms with Crippen LogP contribution in [0, 0.1) is 6.92 Å². The van der Waals surface area contributed by atoms with Crippen molar-refractivity contribution in [3.05, 3.63) is 18.1 Å². The van der Waals surface area contributed by atoms with Crippen LogP contribution in [-0.2, 0) is 10.0 Å². The maximum Gasteiger partial charge on any atom is 0.262 e. The summed E-state index contributed by atoms with van der Waals surface area (Å²) < 4.78 is 26.3. The summed E-state index contributed by atoms with van der Waals surface area (Å²) in [6.45, 7) is 5.35. The number of hydrogen-bond donors (Lipinski definition) is 1. The van der Waals surface area contributed by atoms with Crippen molar-refractivity contribution >= 4 is 10.0 Å². The van der Waals surface area contributed by atoms with Crippen LogP contribution in [0.1, 0.15) is 12.6 Å². The van der Waals surface area contributed by atoms with Crippen LogP contribution in [0.3, 0.4) is 0 Å². The Balaban J connectivity index is 2.39. The molecule has 0 bridgehead atoms. The van der Waals surface area contributed by atoms with Crippen LogP contribution in [0.2, 0.25) is 0 Å². The van der Waals surface area contributed by atoms with Crippen LogP contribution in [0.25, 0.3) is 0 Å². The average molecular weight is 256 g/mol. The zero-order valence-corrected chi connectivity index (χ0v) is 10.7. The van der Waals surface area contributed by atoms with Gasteiger partial charge in [0.2, 0.25) is 0 Å². The molecule has 1 aromatic heterocycles. The highest BCUT2D eigenvalue weighted by Gasteiger charge is 2.33. The molecule has 1 N–H and O–H groups in total. The number of aromatic nitrogens is 2. The Morgan fingerprint density at radius 2 is 2.12 bits per heavy atom. The second-order valence-corrected chi connectivity index (χ2v) is 5.92. The minimum atomic E-state index is -3.52. The third kappa shape index (κ3) is 2.31. The first-order chi connectivity index (χ1) is 8.03. The van der Waals surface area contributed by atoms with Gasteiger partial charge in [0.1, 0.15) is 0 Å². The summed E-state index contributed by atoms with van der Waals surface area (Å²) in [6.07, 6.45) is 2.91. The lowest BCUT2D eigenvalue weighted by Crippen LogP contribution is -2.52. The van der Waals surface area contributed by atoms with E-state index in [2.05, 4.69) is 15.3 Å². The lowest BCUT2D eigenvalue weighted by molar-refractivity contribution is 0.283. The van der Waals surface area contributed by atoms with Crippen LogP contribution in [-0.4, -0.2) is 48.4 Å². The first kappa shape index (κ1) is 12.4. The third-order valence-electron chi connectivity index (χ3n) is 2.83. The molecule has 6 nitrogen and oxygen atoms in total. The number of sulfonamides is 1. The van der Waals surface area contributed by atoms with E-state index in [1.165, 1.54) is 16.7 Å². The van der Waals surface area contributed by atoms with Gasteiger partial charge in [-0.25, -0.2) is 13.4 Å². The molecular weight excluding hydrogens is 240 g/mol. The van der Waals surface area contributed by atoms with Crippen LogP contribution >= 0.6 is 0 Å². The lowest BCUT2D eigenvalue weighted by Gasteiger charge is -2.32. The molecule has 1 aliphatic rings. The van der Waals surface area contributed by atoms with Gasteiger partial charge in [-0.1, -0.05) is 0 Å². The van der Waals surface area contributed by atoms with Crippen LogP contribution < -0.4 is 5.32 Å². The molecule has 1 atom stereocenters. The molecule has 0 spiro atoms. The van der Waals surface area contributed by atoms with Gasteiger partial charge in [-0.2, -0.15) is 4.31 Å². The molecule has 1 aliphatic heterocycles. The predicted molar refractivity (Wildman–Crippen MR) is 63.0 cm³/mol. The highest BCUT2D eigenvalue weighted by Crippen LogP contribution is 2.18. The number of rotatable bonds is 2. The van der Waals surface area contributed by atoms with Crippen LogP contribution in [0.4, 0.5) is 0 Å². The average Bonchev–Trinajstić information content (AvgIpc) is 2.29. The maximum atomic E-state index is 12.4. The molecular formula is C10H16N4O2S. The SMILES string of the molecule is Cc1nccnc1S(=O)(=O)N1CCNC[C@H]1C. The second-order valence-electron chi connectivity index (χ2n) is 4.12. The number of piperazine rings is 1. The highest BCUT2D eigenvalue weighted by molar-refractivity contribution is 7.89. The number of nitrogens with zero attached hydrogens (tertiary/aromatic N) is 3. The van der Waals surface area contributed by atoms with Crippen molar-refractivity contribution < 1.29 is 8.42 Å². The molecule has 0 aliphatic carbocycles. The van der Waals surface area contributed by atoms with E-state index in [4.69, 9.17) is 0 Å². The molecule has 1 fully saturated rings. The van der Waals surface area contributed by atoms with Gasteiger partial charge < -0.3 is 5.32 Å². The van der Waals surface area contributed by atoms with Crippen molar-refractivity contribution in [2.24, 2.45) is 0 Å². The number of hydrogen-bond acceptors (Lipinski definition) is 5. The molecule has 0 aromatic carbocycles. The van der Waals surface area contributed by atoms with E-state index < -0.39 is 10.0 Å². The second kappa shape index (κ2) is 4.67. The number of nitrogens with one attached hydrogen (secondary N) is 1. The Morgan fingerprint density at radius 1 is 1.41 bits per heavy atom. The van der Waals surface area contributed by atoms with Gasteiger partial charge in [-0.05, 0) is 13.8 Å². The molecule has 17 heavy (non-hydrogen) atoms. The Hall–Kier alpha value is -1.05. The van der Waals surface area contributed by atoms with Crippen molar-refractivity contribution in [2.75, 3.05) is 19.6 Å². The van der Waals surface area contributed by atoms with Gasteiger partial charge in [-0.3, -0.25) is 4.98 Å². The Labute approximate surface area is 101 Å². The minimum Gasteiger partial charge on any atom is -0.314 e. The third-order valence-corrected chi connectivity index (χ3v) is 4.88. The van der Waals surface area contributed by atoms with Crippen molar-refractivity contribution in [2.45, 2.75) is 24.9 Å². The molecule has 0 saturated carbocycles. The van der Waals surface area contributed by atoms with Crippen molar-refractivity contribution in [3.8, 4) is 0 Å². The Kier molecular flexibility index (Phi) is 3.41. The standard InChI is InChI=1S/C10H16N4O2S/c1-8-7-11-5-6-14(8)17(15,16)10-9(2)12-3-4-13-10/h3-4,8,11H,5-7H2,1-2H3/t8-/m1/s1. The van der Waals surface area contributed by atoms with E-state index in [1.807, 2.05) is 6.92 Å². The minimum absolute atomic E-state index is 0.0600. The fraction of sp³-hybridized carbons (Fsp3) is 0.600. The lowest BCUT2D eigenvalue weighted by atomic mass is 10.3. The van der Waals surface area contributed by atoms with E-state index in [-0.39, 0.29) is 11.1 Å². The zero-order valence-electron chi connectivity index (χ0n) is 9.92. The van der Waals surface area contributed by atoms with Crippen LogP contribution in [0.15, 0.2) is 17.4 Å². The summed E-state index contributed by atoms with van der Waals surface area (Å²) in [4.78, 5) is 7.93. The van der Waals surface area contributed by atoms with Crippen LogP contribution in [0.5, 0.6) is 0 Å². The summed E-state index contributed by atoms with van der Waals surface area (Å²) in [6, 6.07) is -0.0600. The van der Waals surface area contributed by atoms with Crippen molar-refractivity contribution in [1.82, 2.24) is 19.6 Å². The monoisotopic (exact) mass is 256 g/mol. The first-order valence-corrected chi connectivity index (χ1v) is 6.97. The van der Waals surface area contributed by atoms with Crippen molar-refractivity contribution in [1.29, 1.82) is 0 Å².